The van der Waals surface area contributed by atoms with E-state index in [2.05, 4.69) is 92.9 Å². The van der Waals surface area contributed by atoms with Gasteiger partial charge in [0.05, 0.1) is 33.8 Å². The van der Waals surface area contributed by atoms with Gasteiger partial charge in [-0.25, -0.2) is 4.57 Å². The SMILES string of the molecule is CCCCC/C=C\C/C=C\C/C=C\C/C=C\CCCCCCCCCCCCCC(=O)NC(COP(=O)(O)OCC[N+](C)(C)C)C(/C=C/CCCCCCCCCCCCC)OC(=O)CCCCCCCCCCCCCCCCCCC/C=C/CCCCCCCC. The Morgan fingerprint density at radius 2 is 0.656 bits per heavy atom. The van der Waals surface area contributed by atoms with Crippen LogP contribution in [0.1, 0.15) is 393 Å². The minimum absolute atomic E-state index is 0.0396. The zero-order valence-electron chi connectivity index (χ0n) is 62.5. The van der Waals surface area contributed by atoms with Gasteiger partial charge in [0.25, 0.3) is 0 Å². The molecule has 0 rings (SSSR count). The molecule has 0 saturated heterocycles. The number of carbonyl (C=O) groups excluding carboxylic acids is 2. The topological polar surface area (TPSA) is 111 Å². The third-order valence-electron chi connectivity index (χ3n) is 18.1. The van der Waals surface area contributed by atoms with E-state index in [4.69, 9.17) is 13.8 Å². The van der Waals surface area contributed by atoms with Crippen molar-refractivity contribution in [2.45, 2.75) is 405 Å². The van der Waals surface area contributed by atoms with Crippen LogP contribution in [-0.4, -0.2) is 74.3 Å². The second kappa shape index (κ2) is 72.2. The van der Waals surface area contributed by atoms with Crippen LogP contribution in [0.25, 0.3) is 0 Å². The molecule has 0 aromatic carbocycles. The number of ether oxygens (including phenoxy) is 1. The van der Waals surface area contributed by atoms with E-state index in [1.165, 1.54) is 283 Å². The maximum atomic E-state index is 13.7. The normalized spacial score (nSPS) is 13.8. The molecule has 0 bridgehead atoms. The van der Waals surface area contributed by atoms with Crippen LogP contribution in [0.5, 0.6) is 0 Å². The van der Waals surface area contributed by atoms with Gasteiger partial charge in [-0.2, -0.15) is 0 Å². The summed E-state index contributed by atoms with van der Waals surface area (Å²) in [5.74, 6) is -0.491. The summed E-state index contributed by atoms with van der Waals surface area (Å²) in [5, 5.41) is 3.09. The van der Waals surface area contributed by atoms with Crippen molar-refractivity contribution in [2.75, 3.05) is 40.9 Å². The fraction of sp³-hybridized carbons (Fsp3) is 0.831. The van der Waals surface area contributed by atoms with E-state index in [0.717, 1.165) is 77.0 Å². The maximum absolute atomic E-state index is 13.7. The molecule has 0 saturated carbocycles. The van der Waals surface area contributed by atoms with Crippen LogP contribution < -0.4 is 5.32 Å². The van der Waals surface area contributed by atoms with Crippen LogP contribution in [0.15, 0.2) is 72.9 Å². The summed E-state index contributed by atoms with van der Waals surface area (Å²) in [5.41, 5.74) is 0. The number of esters is 1. The molecule has 10 heteroatoms. The highest BCUT2D eigenvalue weighted by Crippen LogP contribution is 2.43. The maximum Gasteiger partial charge on any atom is 0.472 e. The number of unbranched alkanes of at least 4 members (excludes halogenated alkanes) is 48. The molecule has 0 aliphatic rings. The summed E-state index contributed by atoms with van der Waals surface area (Å²) in [4.78, 5) is 38.1. The predicted molar refractivity (Wildman–Crippen MR) is 406 cm³/mol. The average Bonchev–Trinajstić information content (AvgIpc) is 2.31. The number of hydrogen-bond acceptors (Lipinski definition) is 6. The monoisotopic (exact) mass is 1320 g/mol. The molecule has 0 radical (unpaired) electrons. The van der Waals surface area contributed by atoms with Crippen LogP contribution in [0.3, 0.4) is 0 Å². The highest BCUT2D eigenvalue weighted by molar-refractivity contribution is 7.47. The molecule has 2 N–H and O–H groups in total. The number of likely N-dealkylation sites (N-methyl/N-ethyl adjacent to an activating group) is 1. The first-order valence-electron chi connectivity index (χ1n) is 40.3. The van der Waals surface area contributed by atoms with Crippen molar-refractivity contribution >= 4 is 19.7 Å². The number of rotatable bonds is 74. The summed E-state index contributed by atoms with van der Waals surface area (Å²) in [6.45, 7) is 7.04. The lowest BCUT2D eigenvalue weighted by Crippen LogP contribution is -2.47. The second-order valence-electron chi connectivity index (χ2n) is 28.6. The van der Waals surface area contributed by atoms with Gasteiger partial charge >= 0.3 is 13.8 Å². The van der Waals surface area contributed by atoms with Gasteiger partial charge in [0.2, 0.25) is 5.91 Å². The molecular weight excluding hydrogens is 1170 g/mol. The van der Waals surface area contributed by atoms with E-state index in [1.54, 1.807) is 0 Å². The van der Waals surface area contributed by atoms with Gasteiger partial charge in [-0.1, -0.05) is 351 Å². The van der Waals surface area contributed by atoms with Crippen molar-refractivity contribution in [3.63, 3.8) is 0 Å². The third kappa shape index (κ3) is 73.5. The highest BCUT2D eigenvalue weighted by atomic mass is 31.2. The molecule has 93 heavy (non-hydrogen) atoms. The molecule has 0 aliphatic heterocycles. The molecule has 0 aliphatic carbocycles. The third-order valence-corrected chi connectivity index (χ3v) is 19.1. The van der Waals surface area contributed by atoms with Crippen molar-refractivity contribution in [3.05, 3.63) is 72.9 Å². The lowest BCUT2D eigenvalue weighted by molar-refractivity contribution is -0.870. The fourth-order valence-electron chi connectivity index (χ4n) is 11.9. The van der Waals surface area contributed by atoms with Crippen molar-refractivity contribution in [2.24, 2.45) is 0 Å². The van der Waals surface area contributed by atoms with Gasteiger partial charge in [0, 0.05) is 12.8 Å². The molecule has 0 aromatic heterocycles. The van der Waals surface area contributed by atoms with Crippen molar-refractivity contribution in [1.29, 1.82) is 0 Å². The largest absolute Gasteiger partial charge is 0.472 e. The number of carbonyl (C=O) groups is 2. The van der Waals surface area contributed by atoms with Gasteiger partial charge in [-0.05, 0) is 102 Å². The van der Waals surface area contributed by atoms with Crippen LogP contribution in [0, 0.1) is 0 Å². The summed E-state index contributed by atoms with van der Waals surface area (Å²) < 4.78 is 31.0. The summed E-state index contributed by atoms with van der Waals surface area (Å²) in [6, 6.07) is -0.853. The minimum Gasteiger partial charge on any atom is -0.456 e. The lowest BCUT2D eigenvalue weighted by atomic mass is 10.0. The van der Waals surface area contributed by atoms with Gasteiger partial charge in [0.15, 0.2) is 0 Å². The number of phosphoric acid groups is 1. The molecular formula is C83H156N2O7P+. The second-order valence-corrected chi connectivity index (χ2v) is 30.0. The predicted octanol–water partition coefficient (Wildman–Crippen LogP) is 26.2. The Labute approximate surface area is 578 Å². The molecule has 0 spiro atoms. The number of amides is 1. The Bertz CT molecular complexity index is 1820. The number of nitrogens with zero attached hydrogens (tertiary/aromatic N) is 1. The van der Waals surface area contributed by atoms with Crippen molar-refractivity contribution in [1.82, 2.24) is 5.32 Å². The molecule has 0 heterocycles. The zero-order chi connectivity index (χ0) is 67.8. The molecule has 544 valence electrons. The van der Waals surface area contributed by atoms with Crippen molar-refractivity contribution in [3.8, 4) is 0 Å². The Hall–Kier alpha value is -2.55. The van der Waals surface area contributed by atoms with Crippen molar-refractivity contribution < 1.29 is 37.3 Å². The fourth-order valence-corrected chi connectivity index (χ4v) is 12.7. The van der Waals surface area contributed by atoms with E-state index < -0.39 is 20.0 Å². The first-order valence-corrected chi connectivity index (χ1v) is 41.8. The Morgan fingerprint density at radius 1 is 0.376 bits per heavy atom. The molecule has 3 unspecified atom stereocenters. The zero-order valence-corrected chi connectivity index (χ0v) is 63.4. The van der Waals surface area contributed by atoms with Gasteiger partial charge < -0.3 is 19.4 Å². The highest BCUT2D eigenvalue weighted by Gasteiger charge is 2.30. The number of hydrogen-bond donors (Lipinski definition) is 2. The van der Waals surface area contributed by atoms with E-state index in [9.17, 15) is 19.0 Å². The Kier molecular flexibility index (Phi) is 70.2. The number of phosphoric ester groups is 1. The average molecular weight is 1330 g/mol. The van der Waals surface area contributed by atoms with Crippen LogP contribution in [-0.2, 0) is 27.9 Å². The molecule has 3 atom stereocenters. The molecule has 0 fully saturated rings. The Balaban J connectivity index is 4.95. The molecule has 1 amide bonds. The van der Waals surface area contributed by atoms with E-state index in [0.29, 0.717) is 23.9 Å². The molecule has 9 nitrogen and oxygen atoms in total. The summed E-state index contributed by atoms with van der Waals surface area (Å²) in [6.07, 6.45) is 96.5. The van der Waals surface area contributed by atoms with Gasteiger partial charge in [-0.15, -0.1) is 0 Å². The first kappa shape index (κ1) is 90.5. The van der Waals surface area contributed by atoms with Crippen LogP contribution in [0.4, 0.5) is 0 Å². The molecule has 0 aromatic rings. The van der Waals surface area contributed by atoms with Gasteiger partial charge in [0.1, 0.15) is 19.3 Å². The van der Waals surface area contributed by atoms with E-state index in [-0.39, 0.29) is 25.1 Å². The lowest BCUT2D eigenvalue weighted by Gasteiger charge is -2.27. The quantitative estimate of drug-likeness (QED) is 0.0205. The van der Waals surface area contributed by atoms with E-state index in [1.807, 2.05) is 27.2 Å². The van der Waals surface area contributed by atoms with Crippen LogP contribution >= 0.6 is 7.82 Å². The van der Waals surface area contributed by atoms with E-state index >= 15 is 0 Å². The smallest absolute Gasteiger partial charge is 0.456 e. The van der Waals surface area contributed by atoms with Gasteiger partial charge in [-0.3, -0.25) is 18.6 Å². The summed E-state index contributed by atoms with van der Waals surface area (Å²) in [7, 11) is 1.51. The van der Waals surface area contributed by atoms with Crippen LogP contribution in [0.2, 0.25) is 0 Å². The number of nitrogens with one attached hydrogen (secondary N) is 1. The minimum atomic E-state index is -4.46. The number of allylic oxidation sites excluding steroid dienone is 11. The Morgan fingerprint density at radius 3 is 1.01 bits per heavy atom. The summed E-state index contributed by atoms with van der Waals surface area (Å²) >= 11 is 0. The first-order chi connectivity index (χ1) is 45.4. The standard InChI is InChI=1S/C83H155N2O7P/c1-7-10-13-16-19-22-25-28-30-32-34-36-38-40-42-44-46-48-50-52-54-57-60-63-66-69-72-75-82(86)84-80(79-91-93(88,89)90-78-77-85(4,5)6)81(74-71-68-65-62-59-56-27-24-21-18-15-12-9-3)92-83(87)76-73-70-67-64-61-58-55-53-51-49-47-45-43-41-39-37-35-33-31-29-26-23-20-17-14-11-8-2/h19,22,28-31,34,36,40,42,71,74,80-81H,7-18,20-21,23-27,32-33,35,37-39,41,43-70,72-73,75-79H2,1-6H3,(H-,84,86,88,89)/p+1/b22-19-,30-28-,31-29+,36-34-,42-40-,74-71+. The number of quaternary nitrogens is 1.